The number of hydrogen-bond donors (Lipinski definition) is 1. The van der Waals surface area contributed by atoms with Crippen molar-refractivity contribution in [2.24, 2.45) is 0 Å². The van der Waals surface area contributed by atoms with Crippen molar-refractivity contribution in [1.29, 1.82) is 0 Å². The van der Waals surface area contributed by atoms with Crippen molar-refractivity contribution in [1.82, 2.24) is 10.3 Å². The summed E-state index contributed by atoms with van der Waals surface area (Å²) in [5.74, 6) is 0.360. The van der Waals surface area contributed by atoms with E-state index in [0.717, 1.165) is 29.3 Å². The van der Waals surface area contributed by atoms with Crippen molar-refractivity contribution in [3.63, 3.8) is 0 Å². The van der Waals surface area contributed by atoms with E-state index in [-0.39, 0.29) is 5.25 Å². The van der Waals surface area contributed by atoms with Crippen LogP contribution in [-0.4, -0.2) is 30.9 Å². The van der Waals surface area contributed by atoms with Gasteiger partial charge in [0.2, 0.25) is 0 Å². The van der Waals surface area contributed by atoms with Crippen LogP contribution in [0.5, 0.6) is 0 Å². The number of hydrogen-bond acceptors (Lipinski definition) is 5. The van der Waals surface area contributed by atoms with Crippen molar-refractivity contribution in [3.05, 3.63) is 16.1 Å². The van der Waals surface area contributed by atoms with Crippen molar-refractivity contribution in [2.45, 2.75) is 31.6 Å². The molecule has 1 aromatic heterocycles. The number of aryl methyl sites for hydroxylation is 1. The summed E-state index contributed by atoms with van der Waals surface area (Å²) >= 11 is 1.65. The third kappa shape index (κ3) is 2.81. The molecule has 1 fully saturated rings. The molecule has 2 rings (SSSR count). The summed E-state index contributed by atoms with van der Waals surface area (Å²) in [5, 5.41) is 4.07. The van der Waals surface area contributed by atoms with Gasteiger partial charge in [0.05, 0.1) is 16.0 Å². The van der Waals surface area contributed by atoms with Gasteiger partial charge in [-0.25, -0.2) is 13.4 Å². The minimum atomic E-state index is -2.81. The number of nitrogens with one attached hydrogen (secondary N) is 1. The molecule has 4 nitrogen and oxygen atoms in total. The van der Waals surface area contributed by atoms with Gasteiger partial charge in [-0.1, -0.05) is 0 Å². The van der Waals surface area contributed by atoms with E-state index in [4.69, 9.17) is 0 Å². The number of sulfone groups is 1. The molecule has 1 aliphatic heterocycles. The molecule has 0 aliphatic carbocycles. The van der Waals surface area contributed by atoms with Gasteiger partial charge in [-0.2, -0.15) is 0 Å². The van der Waals surface area contributed by atoms with Crippen LogP contribution in [0.15, 0.2) is 6.20 Å². The molecule has 0 saturated carbocycles. The van der Waals surface area contributed by atoms with Crippen LogP contribution in [0.1, 0.15) is 22.7 Å². The highest BCUT2D eigenvalue weighted by molar-refractivity contribution is 7.92. The van der Waals surface area contributed by atoms with Crippen LogP contribution in [0.4, 0.5) is 0 Å². The van der Waals surface area contributed by atoms with Crippen LogP contribution in [-0.2, 0) is 16.4 Å². The molecule has 16 heavy (non-hydrogen) atoms. The van der Waals surface area contributed by atoms with E-state index in [1.807, 2.05) is 13.1 Å². The maximum absolute atomic E-state index is 11.6. The molecule has 1 aromatic rings. The van der Waals surface area contributed by atoms with E-state index in [0.29, 0.717) is 12.3 Å². The van der Waals surface area contributed by atoms with Crippen molar-refractivity contribution >= 4 is 21.2 Å². The number of thiazole rings is 1. The highest BCUT2D eigenvalue weighted by atomic mass is 32.2. The maximum Gasteiger partial charge on any atom is 0.154 e. The molecule has 0 bridgehead atoms. The van der Waals surface area contributed by atoms with E-state index in [2.05, 4.69) is 10.3 Å². The van der Waals surface area contributed by atoms with E-state index in [1.165, 1.54) is 0 Å². The molecule has 0 radical (unpaired) electrons. The number of rotatable bonds is 4. The van der Waals surface area contributed by atoms with Gasteiger partial charge >= 0.3 is 0 Å². The average molecular weight is 260 g/mol. The van der Waals surface area contributed by atoms with E-state index >= 15 is 0 Å². The highest BCUT2D eigenvalue weighted by Crippen LogP contribution is 2.19. The predicted octanol–water partition coefficient (Wildman–Crippen LogP) is 1.12. The normalized spacial score (nSPS) is 23.7. The Labute approximate surface area is 100 Å². The van der Waals surface area contributed by atoms with Gasteiger partial charge in [-0.3, -0.25) is 0 Å². The second-order valence-electron chi connectivity index (χ2n) is 4.11. The Bertz CT molecular complexity index is 453. The van der Waals surface area contributed by atoms with Crippen LogP contribution < -0.4 is 5.32 Å². The number of nitrogens with zero attached hydrogens (tertiary/aromatic N) is 1. The van der Waals surface area contributed by atoms with Gasteiger partial charge in [-0.05, 0) is 19.8 Å². The summed E-state index contributed by atoms with van der Waals surface area (Å²) < 4.78 is 23.1. The zero-order chi connectivity index (χ0) is 11.6. The molecule has 1 saturated heterocycles. The lowest BCUT2D eigenvalue weighted by Gasteiger charge is -2.09. The topological polar surface area (TPSA) is 59.1 Å². The zero-order valence-corrected chi connectivity index (χ0v) is 10.9. The summed E-state index contributed by atoms with van der Waals surface area (Å²) in [7, 11) is -2.81. The quantitative estimate of drug-likeness (QED) is 0.881. The standard InChI is InChI=1S/C10H16N2O2S2/c1-8-12-6-9(15-8)5-11-7-10-3-2-4-16(10,13)14/h6,10-11H,2-5,7H2,1H3. The minimum Gasteiger partial charge on any atom is -0.311 e. The van der Waals surface area contributed by atoms with E-state index in [9.17, 15) is 8.42 Å². The Balaban J connectivity index is 1.80. The summed E-state index contributed by atoms with van der Waals surface area (Å²) in [4.78, 5) is 5.32. The third-order valence-electron chi connectivity index (χ3n) is 2.80. The lowest BCUT2D eigenvalue weighted by molar-refractivity contribution is 0.574. The van der Waals surface area contributed by atoms with E-state index in [1.54, 1.807) is 11.3 Å². The summed E-state index contributed by atoms with van der Waals surface area (Å²) in [6.07, 6.45) is 3.46. The Morgan fingerprint density at radius 1 is 1.62 bits per heavy atom. The second-order valence-corrected chi connectivity index (χ2v) is 7.83. The van der Waals surface area contributed by atoms with Crippen LogP contribution >= 0.6 is 11.3 Å². The third-order valence-corrected chi connectivity index (χ3v) is 5.99. The fraction of sp³-hybridized carbons (Fsp3) is 0.700. The van der Waals surface area contributed by atoms with Crippen LogP contribution in [0.3, 0.4) is 0 Å². The van der Waals surface area contributed by atoms with Crippen LogP contribution in [0.25, 0.3) is 0 Å². The molecule has 1 unspecified atom stereocenters. The molecule has 0 aromatic carbocycles. The van der Waals surface area contributed by atoms with Crippen molar-refractivity contribution in [2.75, 3.05) is 12.3 Å². The Kier molecular flexibility index (Phi) is 3.61. The summed E-state index contributed by atoms with van der Waals surface area (Å²) in [6, 6.07) is 0. The van der Waals surface area contributed by atoms with Gasteiger partial charge in [-0.15, -0.1) is 11.3 Å². The summed E-state index contributed by atoms with van der Waals surface area (Å²) in [5.41, 5.74) is 0. The predicted molar refractivity (Wildman–Crippen MR) is 65.4 cm³/mol. The van der Waals surface area contributed by atoms with E-state index < -0.39 is 9.84 Å². The molecule has 1 atom stereocenters. The Hall–Kier alpha value is -0.460. The molecule has 0 amide bonds. The average Bonchev–Trinajstić information content (AvgIpc) is 2.74. The lowest BCUT2D eigenvalue weighted by atomic mass is 10.2. The molecular weight excluding hydrogens is 244 g/mol. The SMILES string of the molecule is Cc1ncc(CNCC2CCCS2(=O)=O)s1. The van der Waals surface area contributed by atoms with Crippen LogP contribution in [0.2, 0.25) is 0 Å². The first-order chi connectivity index (χ1) is 7.58. The van der Waals surface area contributed by atoms with Crippen molar-refractivity contribution in [3.8, 4) is 0 Å². The van der Waals surface area contributed by atoms with Gasteiger partial charge in [0, 0.05) is 24.2 Å². The maximum atomic E-state index is 11.6. The lowest BCUT2D eigenvalue weighted by Crippen LogP contribution is -2.29. The molecule has 0 spiro atoms. The van der Waals surface area contributed by atoms with Crippen molar-refractivity contribution < 1.29 is 8.42 Å². The molecule has 2 heterocycles. The Morgan fingerprint density at radius 2 is 2.44 bits per heavy atom. The first kappa shape index (κ1) is 12.0. The summed E-state index contributed by atoms with van der Waals surface area (Å²) in [6.45, 7) is 3.26. The Morgan fingerprint density at radius 3 is 3.00 bits per heavy atom. The van der Waals surface area contributed by atoms with Crippen LogP contribution in [0, 0.1) is 6.92 Å². The monoisotopic (exact) mass is 260 g/mol. The highest BCUT2D eigenvalue weighted by Gasteiger charge is 2.30. The van der Waals surface area contributed by atoms with Gasteiger partial charge in [0.15, 0.2) is 9.84 Å². The van der Waals surface area contributed by atoms with Gasteiger partial charge in [0.1, 0.15) is 0 Å². The molecule has 1 aliphatic rings. The largest absolute Gasteiger partial charge is 0.311 e. The number of aromatic nitrogens is 1. The first-order valence-electron chi connectivity index (χ1n) is 5.41. The molecule has 1 N–H and O–H groups in total. The van der Waals surface area contributed by atoms with Gasteiger partial charge < -0.3 is 5.32 Å². The minimum absolute atomic E-state index is 0.179. The molecular formula is C10H16N2O2S2. The second kappa shape index (κ2) is 4.81. The molecule has 6 heteroatoms. The molecule has 90 valence electrons. The zero-order valence-electron chi connectivity index (χ0n) is 9.27. The fourth-order valence-corrected chi connectivity index (χ4v) is 4.50. The fourth-order valence-electron chi connectivity index (χ4n) is 1.93. The first-order valence-corrected chi connectivity index (χ1v) is 7.95. The smallest absolute Gasteiger partial charge is 0.154 e. The van der Waals surface area contributed by atoms with Gasteiger partial charge in [0.25, 0.3) is 0 Å².